The van der Waals surface area contributed by atoms with E-state index in [-0.39, 0.29) is 0 Å². The SMILES string of the molecule is OC(c1ccc(Cl)cn1)c1cc2cc(Cl)ccc2o1. The van der Waals surface area contributed by atoms with Gasteiger partial charge in [0.1, 0.15) is 11.3 Å². The van der Waals surface area contributed by atoms with Crippen LogP contribution in [-0.4, -0.2) is 10.1 Å². The lowest BCUT2D eigenvalue weighted by molar-refractivity contribution is 0.187. The normalized spacial score (nSPS) is 12.8. The Morgan fingerprint density at radius 2 is 1.84 bits per heavy atom. The fourth-order valence-corrected chi connectivity index (χ4v) is 2.16. The molecule has 0 aliphatic carbocycles. The van der Waals surface area contributed by atoms with Crippen molar-refractivity contribution in [2.24, 2.45) is 0 Å². The van der Waals surface area contributed by atoms with Crippen molar-refractivity contribution in [1.82, 2.24) is 4.98 Å². The van der Waals surface area contributed by atoms with Crippen molar-refractivity contribution in [3.8, 4) is 0 Å². The van der Waals surface area contributed by atoms with Crippen LogP contribution >= 0.6 is 23.2 Å². The zero-order valence-electron chi connectivity index (χ0n) is 9.68. The molecule has 19 heavy (non-hydrogen) atoms. The summed E-state index contributed by atoms with van der Waals surface area (Å²) in [5.74, 6) is 0.423. The molecule has 0 saturated carbocycles. The van der Waals surface area contributed by atoms with E-state index in [2.05, 4.69) is 4.98 Å². The number of halogens is 2. The Bertz CT molecular complexity index is 722. The summed E-state index contributed by atoms with van der Waals surface area (Å²) in [4.78, 5) is 4.07. The van der Waals surface area contributed by atoms with Crippen LogP contribution in [0.5, 0.6) is 0 Å². The third kappa shape index (κ3) is 2.45. The zero-order chi connectivity index (χ0) is 13.4. The Kier molecular flexibility index (Phi) is 3.19. The molecule has 1 N–H and O–H groups in total. The zero-order valence-corrected chi connectivity index (χ0v) is 11.2. The van der Waals surface area contributed by atoms with Gasteiger partial charge in [0.05, 0.1) is 10.7 Å². The van der Waals surface area contributed by atoms with Crippen LogP contribution in [0.15, 0.2) is 47.0 Å². The van der Waals surface area contributed by atoms with E-state index in [0.717, 1.165) is 5.39 Å². The molecule has 2 heterocycles. The van der Waals surface area contributed by atoms with Gasteiger partial charge in [-0.3, -0.25) is 4.98 Å². The van der Waals surface area contributed by atoms with Gasteiger partial charge >= 0.3 is 0 Å². The highest BCUT2D eigenvalue weighted by molar-refractivity contribution is 6.31. The van der Waals surface area contributed by atoms with Crippen LogP contribution < -0.4 is 0 Å². The van der Waals surface area contributed by atoms with E-state index in [4.69, 9.17) is 27.6 Å². The maximum Gasteiger partial charge on any atom is 0.153 e. The van der Waals surface area contributed by atoms with Gasteiger partial charge in [-0.15, -0.1) is 0 Å². The predicted molar refractivity (Wildman–Crippen MR) is 74.5 cm³/mol. The third-order valence-corrected chi connectivity index (χ3v) is 3.26. The summed E-state index contributed by atoms with van der Waals surface area (Å²) in [6.45, 7) is 0. The first-order chi connectivity index (χ1) is 9.13. The summed E-state index contributed by atoms with van der Waals surface area (Å²) in [5.41, 5.74) is 1.15. The highest BCUT2D eigenvalue weighted by Crippen LogP contribution is 2.29. The topological polar surface area (TPSA) is 46.3 Å². The Hall–Kier alpha value is -1.55. The second kappa shape index (κ2) is 4.85. The fraction of sp³-hybridized carbons (Fsp3) is 0.0714. The number of aliphatic hydroxyl groups is 1. The highest BCUT2D eigenvalue weighted by atomic mass is 35.5. The van der Waals surface area contributed by atoms with Crippen LogP contribution in [0.2, 0.25) is 10.0 Å². The predicted octanol–water partition coefficient (Wildman–Crippen LogP) is 4.22. The van der Waals surface area contributed by atoms with Crippen molar-refractivity contribution < 1.29 is 9.52 Å². The molecule has 0 radical (unpaired) electrons. The summed E-state index contributed by atoms with van der Waals surface area (Å²) in [6, 6.07) is 10.4. The molecule has 2 aromatic heterocycles. The second-order valence-electron chi connectivity index (χ2n) is 4.13. The average molecular weight is 294 g/mol. The number of hydrogen-bond donors (Lipinski definition) is 1. The van der Waals surface area contributed by atoms with Gasteiger partial charge in [0.2, 0.25) is 0 Å². The Morgan fingerprint density at radius 3 is 2.58 bits per heavy atom. The Balaban J connectivity index is 2.01. The largest absolute Gasteiger partial charge is 0.458 e. The second-order valence-corrected chi connectivity index (χ2v) is 5.01. The smallest absolute Gasteiger partial charge is 0.153 e. The maximum atomic E-state index is 10.2. The average Bonchev–Trinajstić information content (AvgIpc) is 2.81. The number of pyridine rings is 1. The van der Waals surface area contributed by atoms with Crippen molar-refractivity contribution >= 4 is 34.2 Å². The van der Waals surface area contributed by atoms with Gasteiger partial charge in [-0.1, -0.05) is 23.2 Å². The van der Waals surface area contributed by atoms with Crippen molar-refractivity contribution in [3.63, 3.8) is 0 Å². The number of aliphatic hydroxyl groups excluding tert-OH is 1. The summed E-state index contributed by atoms with van der Waals surface area (Å²) in [5, 5.41) is 12.2. The maximum absolute atomic E-state index is 10.2. The molecular formula is C14H9Cl2NO2. The molecule has 0 spiro atoms. The minimum atomic E-state index is -0.927. The van der Waals surface area contributed by atoms with Gasteiger partial charge in [0, 0.05) is 16.6 Å². The van der Waals surface area contributed by atoms with Gasteiger partial charge in [0.15, 0.2) is 6.10 Å². The molecule has 0 bridgehead atoms. The van der Waals surface area contributed by atoms with Crippen molar-refractivity contribution in [2.45, 2.75) is 6.10 Å². The van der Waals surface area contributed by atoms with Crippen LogP contribution in [0.3, 0.4) is 0 Å². The minimum absolute atomic E-state index is 0.423. The molecule has 0 aliphatic heterocycles. The van der Waals surface area contributed by atoms with Crippen LogP contribution in [0.1, 0.15) is 17.6 Å². The summed E-state index contributed by atoms with van der Waals surface area (Å²) in [7, 11) is 0. The van der Waals surface area contributed by atoms with Gasteiger partial charge < -0.3 is 9.52 Å². The summed E-state index contributed by atoms with van der Waals surface area (Å²) >= 11 is 11.7. The summed E-state index contributed by atoms with van der Waals surface area (Å²) in [6.07, 6.45) is 0.558. The molecule has 1 unspecified atom stereocenters. The lowest BCUT2D eigenvalue weighted by Crippen LogP contribution is -2.00. The van der Waals surface area contributed by atoms with E-state index in [1.807, 2.05) is 0 Å². The first-order valence-corrected chi connectivity index (χ1v) is 6.37. The first kappa shape index (κ1) is 12.5. The molecule has 5 heteroatoms. The van der Waals surface area contributed by atoms with E-state index in [9.17, 15) is 5.11 Å². The minimum Gasteiger partial charge on any atom is -0.458 e. The number of rotatable bonds is 2. The monoisotopic (exact) mass is 293 g/mol. The third-order valence-electron chi connectivity index (χ3n) is 2.80. The van der Waals surface area contributed by atoms with Gasteiger partial charge in [-0.05, 0) is 36.4 Å². The van der Waals surface area contributed by atoms with Crippen LogP contribution in [0, 0.1) is 0 Å². The molecule has 0 amide bonds. The number of aromatic nitrogens is 1. The first-order valence-electron chi connectivity index (χ1n) is 5.62. The van der Waals surface area contributed by atoms with Crippen LogP contribution in [0.25, 0.3) is 11.0 Å². The molecule has 0 aliphatic rings. The molecular weight excluding hydrogens is 285 g/mol. The Labute approximate surface area is 119 Å². The number of furan rings is 1. The molecule has 1 atom stereocenters. The molecule has 1 aromatic carbocycles. The van der Waals surface area contributed by atoms with E-state index in [1.54, 1.807) is 36.4 Å². The molecule has 3 aromatic rings. The van der Waals surface area contributed by atoms with Gasteiger partial charge in [-0.25, -0.2) is 0 Å². The standard InChI is InChI=1S/C14H9Cl2NO2/c15-9-2-4-12-8(5-9)6-13(19-12)14(18)11-3-1-10(16)7-17-11/h1-7,14,18H. The van der Waals surface area contributed by atoms with Crippen molar-refractivity contribution in [3.05, 3.63) is 64.1 Å². The van der Waals surface area contributed by atoms with E-state index in [1.165, 1.54) is 6.20 Å². The molecule has 3 nitrogen and oxygen atoms in total. The summed E-state index contributed by atoms with van der Waals surface area (Å²) < 4.78 is 5.59. The number of hydrogen-bond acceptors (Lipinski definition) is 3. The van der Waals surface area contributed by atoms with Gasteiger partial charge in [-0.2, -0.15) is 0 Å². The van der Waals surface area contributed by atoms with Crippen molar-refractivity contribution in [2.75, 3.05) is 0 Å². The van der Waals surface area contributed by atoms with E-state index >= 15 is 0 Å². The number of nitrogens with zero attached hydrogens (tertiary/aromatic N) is 1. The highest BCUT2D eigenvalue weighted by Gasteiger charge is 2.16. The fourth-order valence-electron chi connectivity index (χ4n) is 1.86. The molecule has 0 saturated heterocycles. The molecule has 0 fully saturated rings. The number of benzene rings is 1. The van der Waals surface area contributed by atoms with Crippen molar-refractivity contribution in [1.29, 1.82) is 0 Å². The lowest BCUT2D eigenvalue weighted by Gasteiger charge is -2.06. The van der Waals surface area contributed by atoms with Crippen LogP contribution in [-0.2, 0) is 0 Å². The Morgan fingerprint density at radius 1 is 1.05 bits per heavy atom. The molecule has 96 valence electrons. The quantitative estimate of drug-likeness (QED) is 0.770. The van der Waals surface area contributed by atoms with Gasteiger partial charge in [0.25, 0.3) is 0 Å². The van der Waals surface area contributed by atoms with E-state index < -0.39 is 6.10 Å². The number of fused-ring (bicyclic) bond motifs is 1. The van der Waals surface area contributed by atoms with E-state index in [0.29, 0.717) is 27.1 Å². The molecule has 3 rings (SSSR count). The van der Waals surface area contributed by atoms with Crippen LogP contribution in [0.4, 0.5) is 0 Å². The lowest BCUT2D eigenvalue weighted by atomic mass is 10.1.